The summed E-state index contributed by atoms with van der Waals surface area (Å²) in [5.74, 6) is 1.30. The zero-order valence-electron chi connectivity index (χ0n) is 9.38. The van der Waals surface area contributed by atoms with Crippen LogP contribution in [0.4, 0.5) is 4.79 Å². The van der Waals surface area contributed by atoms with Crippen molar-refractivity contribution in [1.29, 1.82) is 0 Å². The Morgan fingerprint density at radius 2 is 2.20 bits per heavy atom. The van der Waals surface area contributed by atoms with Crippen molar-refractivity contribution in [1.82, 2.24) is 16.0 Å². The van der Waals surface area contributed by atoms with E-state index in [-0.39, 0.29) is 6.03 Å². The molecule has 2 amide bonds. The topological polar surface area (TPSA) is 53.2 Å². The van der Waals surface area contributed by atoms with Crippen molar-refractivity contribution >= 4 is 6.03 Å². The zero-order chi connectivity index (χ0) is 10.7. The van der Waals surface area contributed by atoms with Crippen LogP contribution in [0.5, 0.6) is 0 Å². The molecule has 0 spiro atoms. The highest BCUT2D eigenvalue weighted by Crippen LogP contribution is 2.19. The smallest absolute Gasteiger partial charge is 0.315 e. The van der Waals surface area contributed by atoms with Crippen molar-refractivity contribution in [3.8, 4) is 0 Å². The fraction of sp³-hybridized carbons (Fsp3) is 0.909. The van der Waals surface area contributed by atoms with Gasteiger partial charge in [-0.15, -0.1) is 0 Å². The van der Waals surface area contributed by atoms with E-state index in [2.05, 4.69) is 22.9 Å². The first-order valence-corrected chi connectivity index (χ1v) is 6.01. The van der Waals surface area contributed by atoms with Gasteiger partial charge in [0.2, 0.25) is 0 Å². The number of nitrogens with one attached hydrogen (secondary N) is 3. The molecule has 0 aromatic heterocycles. The number of piperidine rings is 1. The van der Waals surface area contributed by atoms with Gasteiger partial charge >= 0.3 is 6.03 Å². The van der Waals surface area contributed by atoms with Gasteiger partial charge in [-0.3, -0.25) is 0 Å². The van der Waals surface area contributed by atoms with E-state index in [9.17, 15) is 4.79 Å². The number of hydrogen-bond acceptors (Lipinski definition) is 2. The van der Waals surface area contributed by atoms with Gasteiger partial charge in [0.05, 0.1) is 0 Å². The predicted octanol–water partition coefficient (Wildman–Crippen LogP) is 0.694. The fourth-order valence-corrected chi connectivity index (χ4v) is 2.06. The van der Waals surface area contributed by atoms with Crippen molar-refractivity contribution in [2.24, 2.45) is 11.8 Å². The summed E-state index contributed by atoms with van der Waals surface area (Å²) in [7, 11) is 0. The summed E-state index contributed by atoms with van der Waals surface area (Å²) in [6.45, 7) is 5.23. The van der Waals surface area contributed by atoms with Crippen molar-refractivity contribution < 1.29 is 4.79 Å². The quantitative estimate of drug-likeness (QED) is 0.643. The van der Waals surface area contributed by atoms with E-state index in [1.807, 2.05) is 0 Å². The third-order valence-corrected chi connectivity index (χ3v) is 3.40. The molecule has 86 valence electrons. The van der Waals surface area contributed by atoms with Crippen LogP contribution in [0, 0.1) is 11.8 Å². The van der Waals surface area contributed by atoms with E-state index in [4.69, 9.17) is 0 Å². The summed E-state index contributed by atoms with van der Waals surface area (Å²) < 4.78 is 0. The fourth-order valence-electron chi connectivity index (χ4n) is 2.06. The standard InChI is InChI=1S/C11H21N3O/c1-8-6-12-5-4-9(8)7-13-11(15)14-10-2-3-10/h8-10,12H,2-7H2,1H3,(H2,13,14,15). The summed E-state index contributed by atoms with van der Waals surface area (Å²) in [5, 5.41) is 9.28. The average Bonchev–Trinajstić information content (AvgIpc) is 3.00. The largest absolute Gasteiger partial charge is 0.338 e. The molecule has 15 heavy (non-hydrogen) atoms. The number of urea groups is 1. The summed E-state index contributed by atoms with van der Waals surface area (Å²) in [4.78, 5) is 11.4. The second-order valence-corrected chi connectivity index (χ2v) is 4.86. The highest BCUT2D eigenvalue weighted by Gasteiger charge is 2.25. The Labute approximate surface area is 91.2 Å². The van der Waals surface area contributed by atoms with Gasteiger partial charge in [0.15, 0.2) is 0 Å². The van der Waals surface area contributed by atoms with Gasteiger partial charge in [0, 0.05) is 12.6 Å². The molecule has 2 fully saturated rings. The summed E-state index contributed by atoms with van der Waals surface area (Å²) in [6, 6.07) is 0.471. The lowest BCUT2D eigenvalue weighted by Crippen LogP contribution is -2.44. The molecule has 1 heterocycles. The van der Waals surface area contributed by atoms with Crippen LogP contribution in [-0.2, 0) is 0 Å². The average molecular weight is 211 g/mol. The van der Waals surface area contributed by atoms with E-state index >= 15 is 0 Å². The van der Waals surface area contributed by atoms with Crippen LogP contribution in [0.2, 0.25) is 0 Å². The van der Waals surface area contributed by atoms with E-state index < -0.39 is 0 Å². The molecule has 0 aromatic carbocycles. The SMILES string of the molecule is CC1CNCCC1CNC(=O)NC1CC1. The Kier molecular flexibility index (Phi) is 3.46. The van der Waals surface area contributed by atoms with E-state index in [1.54, 1.807) is 0 Å². The maximum absolute atomic E-state index is 11.4. The highest BCUT2D eigenvalue weighted by molar-refractivity contribution is 5.74. The van der Waals surface area contributed by atoms with E-state index in [1.165, 1.54) is 6.42 Å². The molecule has 2 aliphatic rings. The molecular formula is C11H21N3O. The van der Waals surface area contributed by atoms with Crippen LogP contribution in [0.3, 0.4) is 0 Å². The monoisotopic (exact) mass is 211 g/mol. The Bertz CT molecular complexity index is 228. The van der Waals surface area contributed by atoms with E-state index in [0.29, 0.717) is 17.9 Å². The molecular weight excluding hydrogens is 190 g/mol. The molecule has 0 aromatic rings. The van der Waals surface area contributed by atoms with Crippen LogP contribution >= 0.6 is 0 Å². The van der Waals surface area contributed by atoms with Crippen molar-refractivity contribution in [2.75, 3.05) is 19.6 Å². The third kappa shape index (κ3) is 3.38. The second kappa shape index (κ2) is 4.84. The molecule has 1 aliphatic carbocycles. The molecule has 2 atom stereocenters. The maximum Gasteiger partial charge on any atom is 0.315 e. The van der Waals surface area contributed by atoms with Crippen molar-refractivity contribution in [2.45, 2.75) is 32.2 Å². The summed E-state index contributed by atoms with van der Waals surface area (Å²) >= 11 is 0. The van der Waals surface area contributed by atoms with Gasteiger partial charge in [0.25, 0.3) is 0 Å². The molecule has 3 N–H and O–H groups in total. The minimum Gasteiger partial charge on any atom is -0.338 e. The number of carbonyl (C=O) groups excluding carboxylic acids is 1. The van der Waals surface area contributed by atoms with Gasteiger partial charge in [-0.1, -0.05) is 6.92 Å². The predicted molar refractivity (Wildman–Crippen MR) is 59.7 cm³/mol. The number of hydrogen-bond donors (Lipinski definition) is 3. The maximum atomic E-state index is 11.4. The third-order valence-electron chi connectivity index (χ3n) is 3.40. The van der Waals surface area contributed by atoms with Crippen molar-refractivity contribution in [3.63, 3.8) is 0 Å². The first-order chi connectivity index (χ1) is 7.25. The molecule has 4 nitrogen and oxygen atoms in total. The van der Waals surface area contributed by atoms with E-state index in [0.717, 1.165) is 32.5 Å². The van der Waals surface area contributed by atoms with Crippen molar-refractivity contribution in [3.05, 3.63) is 0 Å². The summed E-state index contributed by atoms with van der Waals surface area (Å²) in [6.07, 6.45) is 3.47. The first-order valence-electron chi connectivity index (χ1n) is 6.01. The van der Waals surface area contributed by atoms with Gasteiger partial charge in [-0.05, 0) is 44.2 Å². The second-order valence-electron chi connectivity index (χ2n) is 4.86. The Morgan fingerprint density at radius 3 is 2.87 bits per heavy atom. The minimum atomic E-state index is 0.0169. The van der Waals surface area contributed by atoms with Crippen LogP contribution in [-0.4, -0.2) is 31.7 Å². The number of amides is 2. The molecule has 1 saturated carbocycles. The molecule has 0 radical (unpaired) electrons. The number of rotatable bonds is 3. The lowest BCUT2D eigenvalue weighted by Gasteiger charge is -2.29. The van der Waals surface area contributed by atoms with Crippen LogP contribution in [0.15, 0.2) is 0 Å². The van der Waals surface area contributed by atoms with Gasteiger partial charge in [-0.25, -0.2) is 4.79 Å². The van der Waals surface area contributed by atoms with Gasteiger partial charge < -0.3 is 16.0 Å². The van der Waals surface area contributed by atoms with Crippen LogP contribution in [0.1, 0.15) is 26.2 Å². The number of carbonyl (C=O) groups is 1. The zero-order valence-corrected chi connectivity index (χ0v) is 9.38. The minimum absolute atomic E-state index is 0.0169. The lowest BCUT2D eigenvalue weighted by molar-refractivity contribution is 0.228. The lowest BCUT2D eigenvalue weighted by atomic mass is 9.88. The molecule has 2 unspecified atom stereocenters. The Balaban J connectivity index is 1.64. The van der Waals surface area contributed by atoms with Crippen LogP contribution < -0.4 is 16.0 Å². The molecule has 4 heteroatoms. The molecule has 1 aliphatic heterocycles. The van der Waals surface area contributed by atoms with Crippen LogP contribution in [0.25, 0.3) is 0 Å². The first kappa shape index (κ1) is 10.7. The molecule has 2 rings (SSSR count). The summed E-state index contributed by atoms with van der Waals surface area (Å²) in [5.41, 5.74) is 0. The normalized spacial score (nSPS) is 31.0. The highest BCUT2D eigenvalue weighted by atomic mass is 16.2. The molecule has 1 saturated heterocycles. The Morgan fingerprint density at radius 1 is 1.40 bits per heavy atom. The van der Waals surface area contributed by atoms with Gasteiger partial charge in [0.1, 0.15) is 0 Å². The Hall–Kier alpha value is -0.770. The molecule has 0 bridgehead atoms. The van der Waals surface area contributed by atoms with Gasteiger partial charge in [-0.2, -0.15) is 0 Å².